The van der Waals surface area contributed by atoms with Gasteiger partial charge in [-0.1, -0.05) is 33.8 Å². The highest BCUT2D eigenvalue weighted by Gasteiger charge is 2.35. The smallest absolute Gasteiger partial charge is 0.323 e. The molecular formula is C42H72N4O12. The van der Waals surface area contributed by atoms with Crippen molar-refractivity contribution in [2.24, 2.45) is 0 Å². The first-order chi connectivity index (χ1) is 28.0. The molecule has 1 aliphatic rings. The van der Waals surface area contributed by atoms with E-state index in [4.69, 9.17) is 33.4 Å². The van der Waals surface area contributed by atoms with Crippen molar-refractivity contribution < 1.29 is 57.2 Å². The molecule has 0 fully saturated rings. The number of hydrogen-bond acceptors (Lipinski definition) is 16. The third kappa shape index (κ3) is 20.5. The van der Waals surface area contributed by atoms with Gasteiger partial charge in [-0.3, -0.25) is 48.5 Å². The second kappa shape index (κ2) is 32.8. The van der Waals surface area contributed by atoms with E-state index in [1.165, 1.54) is 0 Å². The van der Waals surface area contributed by atoms with Gasteiger partial charge >= 0.3 is 35.8 Å². The molecule has 0 aliphatic carbocycles. The maximum Gasteiger partial charge on any atom is 0.323 e. The first-order valence-electron chi connectivity index (χ1n) is 21.1. The van der Waals surface area contributed by atoms with E-state index in [1.807, 2.05) is 60.6 Å². The Kier molecular flexibility index (Phi) is 30.4. The van der Waals surface area contributed by atoms with Crippen molar-refractivity contribution in [3.05, 3.63) is 29.6 Å². The van der Waals surface area contributed by atoms with Gasteiger partial charge in [0.25, 0.3) is 0 Å². The Balaban J connectivity index is 0.00000786. The maximum absolute atomic E-state index is 13.6. The molecule has 3 unspecified atom stereocenters. The van der Waals surface area contributed by atoms with Gasteiger partial charge in [-0.05, 0) is 72.9 Å². The molecule has 16 nitrogen and oxygen atoms in total. The second-order valence-electron chi connectivity index (χ2n) is 12.4. The summed E-state index contributed by atoms with van der Waals surface area (Å²) in [6, 6.07) is 2.90. The zero-order chi connectivity index (χ0) is 43.9. The van der Waals surface area contributed by atoms with Gasteiger partial charge in [0, 0.05) is 58.5 Å². The molecule has 2 heterocycles. The third-order valence-electron chi connectivity index (χ3n) is 8.72. The van der Waals surface area contributed by atoms with Crippen LogP contribution in [0.1, 0.15) is 119 Å². The molecule has 0 saturated carbocycles. The zero-order valence-electron chi connectivity index (χ0n) is 36.9. The molecule has 2 rings (SSSR count). The number of ether oxygens (including phenoxy) is 6. The summed E-state index contributed by atoms with van der Waals surface area (Å²) in [4.78, 5) is 88.5. The van der Waals surface area contributed by atoms with Crippen LogP contribution in [0.5, 0.6) is 0 Å². The van der Waals surface area contributed by atoms with Gasteiger partial charge in [0.15, 0.2) is 0 Å². The van der Waals surface area contributed by atoms with Crippen molar-refractivity contribution in [1.82, 2.24) is 19.7 Å². The lowest BCUT2D eigenvalue weighted by atomic mass is 10.1. The SMILES string of the molecule is CC.CC.CCOC(=O)CCC(C(=O)OCC)N1CCN(C(CCC(=O)OCC)C(=O)OCC)Cc2cccc(n2)CN(C(CCC(=O)OCC)C(=O)OCC)CC1. The van der Waals surface area contributed by atoms with Gasteiger partial charge in [0.05, 0.1) is 51.0 Å². The van der Waals surface area contributed by atoms with Crippen LogP contribution in [0.3, 0.4) is 0 Å². The quantitative estimate of drug-likeness (QED) is 0.121. The van der Waals surface area contributed by atoms with Crippen molar-refractivity contribution in [1.29, 1.82) is 0 Å². The molecule has 0 amide bonds. The predicted octanol–water partition coefficient (Wildman–Crippen LogP) is 4.88. The number of carbonyl (C=O) groups excluding carboxylic acids is 6. The molecule has 0 spiro atoms. The highest BCUT2D eigenvalue weighted by molar-refractivity contribution is 5.79. The summed E-state index contributed by atoms with van der Waals surface area (Å²) in [5.41, 5.74) is 1.24. The largest absolute Gasteiger partial charge is 0.466 e. The van der Waals surface area contributed by atoms with Crippen LogP contribution in [0.15, 0.2) is 18.2 Å². The Morgan fingerprint density at radius 2 is 0.759 bits per heavy atom. The maximum atomic E-state index is 13.6. The van der Waals surface area contributed by atoms with Crippen molar-refractivity contribution in [2.45, 2.75) is 139 Å². The molecule has 1 aromatic rings. The van der Waals surface area contributed by atoms with Gasteiger partial charge in [0.1, 0.15) is 18.1 Å². The third-order valence-corrected chi connectivity index (χ3v) is 8.72. The number of nitrogens with zero attached hydrogens (tertiary/aromatic N) is 4. The fourth-order valence-electron chi connectivity index (χ4n) is 6.28. The number of esters is 6. The normalized spacial score (nSPS) is 15.1. The summed E-state index contributed by atoms with van der Waals surface area (Å²) >= 11 is 0. The van der Waals surface area contributed by atoms with Crippen LogP contribution >= 0.6 is 0 Å². The molecule has 0 radical (unpaired) electrons. The summed E-state index contributed by atoms with van der Waals surface area (Å²) < 4.78 is 31.9. The van der Waals surface area contributed by atoms with Crippen LogP contribution in [0, 0.1) is 0 Å². The number of rotatable bonds is 21. The van der Waals surface area contributed by atoms with E-state index < -0.39 is 53.9 Å². The lowest BCUT2D eigenvalue weighted by Crippen LogP contribution is -2.52. The van der Waals surface area contributed by atoms with E-state index in [9.17, 15) is 28.8 Å². The standard InChI is InChI=1S/C38H60N4O12.2C2H6/c1-7-49-33(43)19-16-30(36(46)52-10-4)40-22-24-41(31(37(47)53-11-5)17-20-34(44)50-8-2)26-28-14-13-15-29(39-28)27-42(25-23-40)32(38(48)54-12-6)18-21-35(45)51-9-3;2*1-2/h13-15,30-32H,7-12,16-27H2,1-6H3;2*1-2H3. The highest BCUT2D eigenvalue weighted by Crippen LogP contribution is 2.21. The first-order valence-corrected chi connectivity index (χ1v) is 21.1. The number of aromatic nitrogens is 1. The van der Waals surface area contributed by atoms with Crippen LogP contribution in [0.2, 0.25) is 0 Å². The molecule has 58 heavy (non-hydrogen) atoms. The summed E-state index contributed by atoms with van der Waals surface area (Å²) in [5, 5.41) is 0. The number of fused-ring (bicyclic) bond motifs is 2. The number of pyridine rings is 1. The first kappa shape index (κ1) is 53.9. The van der Waals surface area contributed by atoms with E-state index in [1.54, 1.807) is 41.5 Å². The fourth-order valence-corrected chi connectivity index (χ4v) is 6.28. The van der Waals surface area contributed by atoms with Crippen molar-refractivity contribution in [2.75, 3.05) is 65.8 Å². The van der Waals surface area contributed by atoms with Gasteiger partial charge in [0.2, 0.25) is 0 Å². The molecule has 2 bridgehead atoms. The minimum atomic E-state index is -0.891. The van der Waals surface area contributed by atoms with Crippen LogP contribution in [-0.2, 0) is 70.3 Å². The minimum Gasteiger partial charge on any atom is -0.466 e. The minimum absolute atomic E-state index is 0.0218. The fraction of sp³-hybridized carbons (Fsp3) is 0.738. The van der Waals surface area contributed by atoms with Crippen LogP contribution in [0.4, 0.5) is 0 Å². The van der Waals surface area contributed by atoms with E-state index in [0.29, 0.717) is 11.4 Å². The molecule has 3 atom stereocenters. The number of hydrogen-bond donors (Lipinski definition) is 0. The summed E-state index contributed by atoms with van der Waals surface area (Å²) in [5.74, 6) is -2.90. The van der Waals surface area contributed by atoms with Gasteiger partial charge in [-0.25, -0.2) is 0 Å². The topological polar surface area (TPSA) is 180 Å². The second-order valence-corrected chi connectivity index (χ2v) is 12.4. The van der Waals surface area contributed by atoms with E-state index >= 15 is 0 Å². The van der Waals surface area contributed by atoms with E-state index in [2.05, 4.69) is 0 Å². The molecule has 332 valence electrons. The Morgan fingerprint density at radius 1 is 0.483 bits per heavy atom. The molecule has 1 aliphatic heterocycles. The van der Waals surface area contributed by atoms with E-state index in [0.717, 1.165) is 0 Å². The van der Waals surface area contributed by atoms with Crippen molar-refractivity contribution >= 4 is 35.8 Å². The summed E-state index contributed by atoms with van der Waals surface area (Å²) in [7, 11) is 0. The Morgan fingerprint density at radius 3 is 1.05 bits per heavy atom. The van der Waals surface area contributed by atoms with Gasteiger partial charge < -0.3 is 28.4 Å². The summed E-state index contributed by atoms with van der Waals surface area (Å²) in [6.07, 6.45) is 0.240. The van der Waals surface area contributed by atoms with E-state index in [-0.39, 0.29) is 117 Å². The van der Waals surface area contributed by atoms with Crippen molar-refractivity contribution in [3.8, 4) is 0 Å². The Labute approximate surface area is 346 Å². The average molecular weight is 825 g/mol. The van der Waals surface area contributed by atoms with Crippen LogP contribution in [-0.4, -0.2) is 139 Å². The molecule has 1 aromatic heterocycles. The van der Waals surface area contributed by atoms with Crippen molar-refractivity contribution in [3.63, 3.8) is 0 Å². The summed E-state index contributed by atoms with van der Waals surface area (Å²) in [6.45, 7) is 20.4. The molecular weight excluding hydrogens is 752 g/mol. The highest BCUT2D eigenvalue weighted by atomic mass is 16.6. The lowest BCUT2D eigenvalue weighted by molar-refractivity contribution is -0.155. The number of carbonyl (C=O) groups is 6. The molecule has 0 N–H and O–H groups in total. The van der Waals surface area contributed by atoms with Crippen LogP contribution < -0.4 is 0 Å². The zero-order valence-corrected chi connectivity index (χ0v) is 36.9. The van der Waals surface area contributed by atoms with Gasteiger partial charge in [-0.15, -0.1) is 0 Å². The van der Waals surface area contributed by atoms with Gasteiger partial charge in [-0.2, -0.15) is 0 Å². The monoisotopic (exact) mass is 825 g/mol. The molecule has 0 saturated heterocycles. The molecule has 16 heteroatoms. The Bertz CT molecular complexity index is 1270. The average Bonchev–Trinajstić information content (AvgIpc) is 3.20. The van der Waals surface area contributed by atoms with Crippen LogP contribution in [0.25, 0.3) is 0 Å². The Hall–Kier alpha value is -4.15. The lowest BCUT2D eigenvalue weighted by Gasteiger charge is -2.37. The molecule has 0 aromatic carbocycles. The predicted molar refractivity (Wildman–Crippen MR) is 218 cm³/mol.